The van der Waals surface area contributed by atoms with Gasteiger partial charge in [0.2, 0.25) is 0 Å². The predicted octanol–water partition coefficient (Wildman–Crippen LogP) is 4.06. The van der Waals surface area contributed by atoms with E-state index in [-0.39, 0.29) is 0 Å². The molecule has 0 aliphatic carbocycles. The zero-order valence-corrected chi connectivity index (χ0v) is 11.3. The summed E-state index contributed by atoms with van der Waals surface area (Å²) in [6.45, 7) is 3.76. The SMILES string of the molecule is C=Cc1ccc(-c2cccc(/C=C\C=C/N)c2N)cc1. The molecule has 0 radical (unpaired) electrons. The molecule has 0 heterocycles. The minimum absolute atomic E-state index is 0.764. The quantitative estimate of drug-likeness (QED) is 0.644. The number of benzene rings is 2. The summed E-state index contributed by atoms with van der Waals surface area (Å²) in [7, 11) is 0. The van der Waals surface area contributed by atoms with E-state index in [2.05, 4.69) is 18.7 Å². The minimum Gasteiger partial charge on any atom is -0.405 e. The van der Waals surface area contributed by atoms with Crippen molar-refractivity contribution in [2.45, 2.75) is 0 Å². The average Bonchev–Trinajstić information content (AvgIpc) is 2.49. The standard InChI is InChI=1S/C18H18N2/c1-2-14-9-11-15(12-10-14)17-8-5-7-16(18(17)20)6-3-4-13-19/h2-13H,1,19-20H2/b6-3-,13-4-. The molecule has 0 saturated carbocycles. The van der Waals surface area contributed by atoms with Crippen molar-refractivity contribution in [2.75, 3.05) is 5.73 Å². The Morgan fingerprint density at radius 1 is 0.950 bits per heavy atom. The van der Waals surface area contributed by atoms with Gasteiger partial charge in [-0.3, -0.25) is 0 Å². The third-order valence-electron chi connectivity index (χ3n) is 3.10. The second kappa shape index (κ2) is 6.43. The molecule has 2 nitrogen and oxygen atoms in total. The van der Waals surface area contributed by atoms with Crippen LogP contribution in [0.25, 0.3) is 23.3 Å². The van der Waals surface area contributed by atoms with Gasteiger partial charge >= 0.3 is 0 Å². The van der Waals surface area contributed by atoms with Crippen LogP contribution >= 0.6 is 0 Å². The van der Waals surface area contributed by atoms with Gasteiger partial charge in [-0.1, -0.05) is 67.3 Å². The van der Waals surface area contributed by atoms with Crippen molar-refractivity contribution in [1.82, 2.24) is 0 Å². The Hall–Kier alpha value is -2.74. The van der Waals surface area contributed by atoms with Gasteiger partial charge in [0.1, 0.15) is 0 Å². The van der Waals surface area contributed by atoms with Crippen LogP contribution in [0.4, 0.5) is 5.69 Å². The molecule has 0 aliphatic rings. The summed E-state index contributed by atoms with van der Waals surface area (Å²) in [4.78, 5) is 0. The van der Waals surface area contributed by atoms with Gasteiger partial charge in [0, 0.05) is 11.3 Å². The Balaban J connectivity index is 2.41. The number of rotatable bonds is 4. The summed E-state index contributed by atoms with van der Waals surface area (Å²) in [5.41, 5.74) is 16.5. The molecule has 0 bridgehead atoms. The molecule has 2 rings (SSSR count). The van der Waals surface area contributed by atoms with Gasteiger partial charge in [-0.05, 0) is 29.0 Å². The number of nitrogens with two attached hydrogens (primary N) is 2. The van der Waals surface area contributed by atoms with Crippen molar-refractivity contribution in [3.8, 4) is 11.1 Å². The molecule has 0 amide bonds. The summed E-state index contributed by atoms with van der Waals surface area (Å²) in [6.07, 6.45) is 8.90. The zero-order valence-electron chi connectivity index (χ0n) is 11.3. The molecule has 0 fully saturated rings. The van der Waals surface area contributed by atoms with Crippen LogP contribution in [0.3, 0.4) is 0 Å². The zero-order chi connectivity index (χ0) is 14.4. The lowest BCUT2D eigenvalue weighted by Gasteiger charge is -2.09. The molecule has 0 atom stereocenters. The first-order valence-corrected chi connectivity index (χ1v) is 6.42. The highest BCUT2D eigenvalue weighted by Gasteiger charge is 2.04. The molecule has 0 aromatic heterocycles. The summed E-state index contributed by atoms with van der Waals surface area (Å²) in [5, 5.41) is 0. The molecule has 2 aromatic rings. The lowest BCUT2D eigenvalue weighted by molar-refractivity contribution is 1.57. The average molecular weight is 262 g/mol. The normalized spacial score (nSPS) is 11.2. The number of nitrogen functional groups attached to an aromatic ring is 1. The van der Waals surface area contributed by atoms with E-state index in [9.17, 15) is 0 Å². The molecule has 20 heavy (non-hydrogen) atoms. The second-order valence-corrected chi connectivity index (χ2v) is 4.38. The molecule has 0 aliphatic heterocycles. The van der Waals surface area contributed by atoms with Gasteiger partial charge in [-0.2, -0.15) is 0 Å². The number of hydrogen-bond donors (Lipinski definition) is 2. The van der Waals surface area contributed by atoms with Gasteiger partial charge in [0.15, 0.2) is 0 Å². The summed E-state index contributed by atoms with van der Waals surface area (Å²) in [6, 6.07) is 14.2. The maximum absolute atomic E-state index is 6.24. The fourth-order valence-corrected chi connectivity index (χ4v) is 2.00. The highest BCUT2D eigenvalue weighted by Crippen LogP contribution is 2.29. The maximum Gasteiger partial charge on any atom is 0.0467 e. The smallest absolute Gasteiger partial charge is 0.0467 e. The minimum atomic E-state index is 0.764. The topological polar surface area (TPSA) is 52.0 Å². The molecule has 4 N–H and O–H groups in total. The van der Waals surface area contributed by atoms with E-state index in [0.717, 1.165) is 27.9 Å². The third-order valence-corrected chi connectivity index (χ3v) is 3.10. The number of anilines is 1. The Kier molecular flexibility index (Phi) is 4.40. The third kappa shape index (κ3) is 2.98. The molecule has 0 spiro atoms. The fraction of sp³-hybridized carbons (Fsp3) is 0. The van der Waals surface area contributed by atoms with Gasteiger partial charge in [-0.25, -0.2) is 0 Å². The summed E-state index contributed by atoms with van der Waals surface area (Å²) < 4.78 is 0. The van der Waals surface area contributed by atoms with Gasteiger partial charge in [-0.15, -0.1) is 0 Å². The van der Waals surface area contributed by atoms with E-state index >= 15 is 0 Å². The predicted molar refractivity (Wildman–Crippen MR) is 88.7 cm³/mol. The molecular weight excluding hydrogens is 244 g/mol. The largest absolute Gasteiger partial charge is 0.405 e. The summed E-state index contributed by atoms with van der Waals surface area (Å²) >= 11 is 0. The van der Waals surface area contributed by atoms with E-state index in [4.69, 9.17) is 11.5 Å². The van der Waals surface area contributed by atoms with Crippen molar-refractivity contribution in [3.05, 3.63) is 78.5 Å². The number of para-hydroxylation sites is 1. The molecule has 0 saturated heterocycles. The van der Waals surface area contributed by atoms with Gasteiger partial charge in [0.05, 0.1) is 0 Å². The fourth-order valence-electron chi connectivity index (χ4n) is 2.00. The van der Waals surface area contributed by atoms with Crippen LogP contribution in [0.5, 0.6) is 0 Å². The van der Waals surface area contributed by atoms with E-state index < -0.39 is 0 Å². The van der Waals surface area contributed by atoms with E-state index in [1.807, 2.05) is 48.6 Å². The van der Waals surface area contributed by atoms with Crippen LogP contribution in [0, 0.1) is 0 Å². The van der Waals surface area contributed by atoms with Crippen molar-refractivity contribution < 1.29 is 0 Å². The highest BCUT2D eigenvalue weighted by molar-refractivity contribution is 5.83. The monoisotopic (exact) mass is 262 g/mol. The first-order valence-electron chi connectivity index (χ1n) is 6.42. The Labute approximate surface area is 119 Å². The van der Waals surface area contributed by atoms with Crippen LogP contribution < -0.4 is 11.5 Å². The lowest BCUT2D eigenvalue weighted by atomic mass is 9.99. The Morgan fingerprint density at radius 3 is 2.35 bits per heavy atom. The highest BCUT2D eigenvalue weighted by atomic mass is 14.6. The molecular formula is C18H18N2. The first-order chi connectivity index (χ1) is 9.76. The lowest BCUT2D eigenvalue weighted by Crippen LogP contribution is -1.93. The van der Waals surface area contributed by atoms with Crippen LogP contribution in [0.15, 0.2) is 67.4 Å². The maximum atomic E-state index is 6.24. The molecule has 2 aromatic carbocycles. The van der Waals surface area contributed by atoms with Crippen LogP contribution in [-0.4, -0.2) is 0 Å². The van der Waals surface area contributed by atoms with Crippen molar-refractivity contribution >= 4 is 17.8 Å². The van der Waals surface area contributed by atoms with E-state index in [1.54, 1.807) is 6.08 Å². The second-order valence-electron chi connectivity index (χ2n) is 4.38. The molecule has 2 heteroatoms. The Morgan fingerprint density at radius 2 is 1.70 bits per heavy atom. The van der Waals surface area contributed by atoms with Crippen LogP contribution in [-0.2, 0) is 0 Å². The van der Waals surface area contributed by atoms with Crippen LogP contribution in [0.2, 0.25) is 0 Å². The Bertz CT molecular complexity index is 650. The van der Waals surface area contributed by atoms with Gasteiger partial charge < -0.3 is 11.5 Å². The van der Waals surface area contributed by atoms with Gasteiger partial charge in [0.25, 0.3) is 0 Å². The molecule has 0 unspecified atom stereocenters. The van der Waals surface area contributed by atoms with Crippen molar-refractivity contribution in [2.24, 2.45) is 5.73 Å². The van der Waals surface area contributed by atoms with Crippen LogP contribution in [0.1, 0.15) is 11.1 Å². The van der Waals surface area contributed by atoms with E-state index in [0.29, 0.717) is 0 Å². The number of allylic oxidation sites excluding steroid dienone is 2. The van der Waals surface area contributed by atoms with Crippen molar-refractivity contribution in [1.29, 1.82) is 0 Å². The molecule has 100 valence electrons. The van der Waals surface area contributed by atoms with E-state index in [1.165, 1.54) is 6.20 Å². The van der Waals surface area contributed by atoms with Crippen molar-refractivity contribution in [3.63, 3.8) is 0 Å². The first kappa shape index (κ1) is 13.7. The number of hydrogen-bond acceptors (Lipinski definition) is 2. The summed E-state index contributed by atoms with van der Waals surface area (Å²) in [5.74, 6) is 0.